The first kappa shape index (κ1) is 23.8. The molecule has 58 heavy (non-hydrogen) atoms. The first-order chi connectivity index (χ1) is 33.7. The summed E-state index contributed by atoms with van der Waals surface area (Å²) in [5.74, 6) is 1.17. The van der Waals surface area contributed by atoms with Crippen molar-refractivity contribution >= 4 is 44.6 Å². The van der Waals surface area contributed by atoms with Gasteiger partial charge >= 0.3 is 0 Å². The van der Waals surface area contributed by atoms with Gasteiger partial charge in [-0.05, 0) is 101 Å². The van der Waals surface area contributed by atoms with Crippen LogP contribution < -0.4 is 14.5 Å². The van der Waals surface area contributed by atoms with Crippen molar-refractivity contribution in [2.24, 2.45) is 0 Å². The van der Waals surface area contributed by atoms with Crippen molar-refractivity contribution in [1.29, 1.82) is 0 Å². The van der Waals surface area contributed by atoms with Crippen LogP contribution in [0.5, 0.6) is 11.5 Å². The molecule has 0 saturated heterocycles. The highest BCUT2D eigenvalue weighted by Gasteiger charge is 2.31. The van der Waals surface area contributed by atoms with Crippen LogP contribution in [0.25, 0.3) is 49.9 Å². The molecule has 0 atom stereocenters. The van der Waals surface area contributed by atoms with Crippen LogP contribution in [0.3, 0.4) is 0 Å². The zero-order valence-electron chi connectivity index (χ0n) is 45.2. The first-order valence-corrected chi connectivity index (χ1v) is 18.9. The number of rotatable bonds is 7. The molecular weight excluding hydrogens is 709 g/mol. The molecule has 0 saturated carbocycles. The quantitative estimate of drug-likeness (QED) is 0.162. The van der Waals surface area contributed by atoms with E-state index in [1.807, 2.05) is 126 Å². The number of fused-ring (bicyclic) bond motifs is 4. The molecule has 0 unspecified atom stereocenters. The van der Waals surface area contributed by atoms with E-state index in [-0.39, 0.29) is 58.7 Å². The van der Waals surface area contributed by atoms with Gasteiger partial charge in [0.25, 0.3) is 0 Å². The fraction of sp³-hybridized carbons (Fsp3) is 0.113. The van der Waals surface area contributed by atoms with Gasteiger partial charge in [0.1, 0.15) is 24.0 Å². The van der Waals surface area contributed by atoms with Crippen LogP contribution >= 0.6 is 0 Å². The minimum Gasteiger partial charge on any atom is -0.457 e. The molecule has 1 aliphatic rings. The van der Waals surface area contributed by atoms with Gasteiger partial charge in [0.15, 0.2) is 0 Å². The predicted octanol–water partition coefficient (Wildman–Crippen LogP) is 14.2. The Morgan fingerprint density at radius 2 is 1.26 bits per heavy atom. The summed E-state index contributed by atoms with van der Waals surface area (Å²) >= 11 is 0. The van der Waals surface area contributed by atoms with E-state index >= 15 is 0 Å². The number of anilines is 4. The van der Waals surface area contributed by atoms with Crippen molar-refractivity contribution in [3.05, 3.63) is 193 Å². The normalized spacial score (nSPS) is 15.8. The lowest BCUT2D eigenvalue weighted by molar-refractivity contribution is 0.483. The van der Waals surface area contributed by atoms with Gasteiger partial charge in [0.2, 0.25) is 0 Å². The SMILES string of the molecule is [2H]c1nc(-n2c3ccccc3c3ccc(Oc4cccc(N5CN(c6c(-c7c([2H])c([2H])c([2H])c([2H])c7[2H])cc(C)cc6-c6c([2H])c([2H])c([2H])c([2H])c6[2H])c6ccccc65)c4)cc32)c([2H])c(C(C)(C)C)c1[2H]. The Morgan fingerprint density at radius 3 is 1.97 bits per heavy atom. The van der Waals surface area contributed by atoms with E-state index in [1.54, 1.807) is 19.1 Å². The van der Waals surface area contributed by atoms with E-state index in [2.05, 4.69) is 4.98 Å². The van der Waals surface area contributed by atoms with Crippen LogP contribution in [0.4, 0.5) is 22.7 Å². The number of hydrogen-bond acceptors (Lipinski definition) is 4. The van der Waals surface area contributed by atoms with Crippen molar-refractivity contribution in [2.75, 3.05) is 16.5 Å². The number of para-hydroxylation sites is 3. The van der Waals surface area contributed by atoms with Crippen LogP contribution in [-0.4, -0.2) is 16.2 Å². The molecule has 2 aromatic heterocycles. The molecule has 7 aromatic carbocycles. The summed E-state index contributed by atoms with van der Waals surface area (Å²) in [5, 5.41) is 1.78. The van der Waals surface area contributed by atoms with Gasteiger partial charge in [-0.2, -0.15) is 0 Å². The molecule has 0 amide bonds. The molecule has 10 rings (SSSR count). The second kappa shape index (κ2) is 14.1. The molecule has 0 fully saturated rings. The molecule has 282 valence electrons. The fourth-order valence-electron chi connectivity index (χ4n) is 7.73. The summed E-state index contributed by atoms with van der Waals surface area (Å²) in [6, 6.07) is 26.5. The summed E-state index contributed by atoms with van der Waals surface area (Å²) in [5.41, 5.74) is 4.34. The van der Waals surface area contributed by atoms with Crippen LogP contribution in [0.1, 0.15) is 49.7 Å². The minimum absolute atomic E-state index is 0.0617. The number of pyridine rings is 1. The Labute approximate surface area is 358 Å². The standard InChI is InChI=1S/C53H44N4O/c1-36-30-45(37-16-7-5-8-17-37)52(46(31-36)38-18-9-6-10-19-38)56-35-55(48-24-13-14-25-49(48)56)40-20-15-21-41(33-40)58-42-26-27-44-43-22-11-12-23-47(43)57(50(44)34-42)51-32-39(28-29-54-51)53(2,3)4/h5-34H,35H2,1-4H3/i5D,6D,7D,8D,9D,10D,16D,17D,18D,19D,28D,29D,32D. The summed E-state index contributed by atoms with van der Waals surface area (Å²) in [6.07, 6.45) is -0.226. The minimum atomic E-state index is -0.605. The monoisotopic (exact) mass is 765 g/mol. The zero-order valence-corrected chi connectivity index (χ0v) is 32.2. The molecule has 0 radical (unpaired) electrons. The average molecular weight is 766 g/mol. The largest absolute Gasteiger partial charge is 0.457 e. The van der Waals surface area contributed by atoms with Gasteiger partial charge in [0, 0.05) is 45.9 Å². The number of benzene rings is 7. The third kappa shape index (κ3) is 6.25. The van der Waals surface area contributed by atoms with Gasteiger partial charge in [-0.15, -0.1) is 0 Å². The third-order valence-corrected chi connectivity index (χ3v) is 10.4. The topological polar surface area (TPSA) is 33.5 Å². The summed E-state index contributed by atoms with van der Waals surface area (Å²) in [7, 11) is 0. The van der Waals surface area contributed by atoms with Crippen LogP contribution in [0, 0.1) is 6.92 Å². The third-order valence-electron chi connectivity index (χ3n) is 10.4. The second-order valence-electron chi connectivity index (χ2n) is 15.2. The molecule has 1 aliphatic heterocycles. The number of nitrogens with zero attached hydrogens (tertiary/aromatic N) is 4. The Balaban J connectivity index is 1.11. The summed E-state index contributed by atoms with van der Waals surface area (Å²) in [4.78, 5) is 8.39. The molecule has 0 spiro atoms. The van der Waals surface area contributed by atoms with Gasteiger partial charge in [-0.3, -0.25) is 4.57 Å². The zero-order chi connectivity index (χ0) is 50.7. The number of ether oxygens (including phenoxy) is 1. The van der Waals surface area contributed by atoms with Gasteiger partial charge in [0.05, 0.1) is 45.9 Å². The van der Waals surface area contributed by atoms with E-state index < -0.39 is 65.8 Å². The second-order valence-corrected chi connectivity index (χ2v) is 15.2. The molecule has 0 bridgehead atoms. The van der Waals surface area contributed by atoms with Crippen LogP contribution in [0.2, 0.25) is 0 Å². The lowest BCUT2D eigenvalue weighted by Crippen LogP contribution is -2.25. The number of hydrogen-bond donors (Lipinski definition) is 0. The molecule has 0 N–H and O–H groups in total. The van der Waals surface area contributed by atoms with Crippen molar-refractivity contribution < 1.29 is 22.6 Å². The van der Waals surface area contributed by atoms with E-state index in [9.17, 15) is 1.37 Å². The van der Waals surface area contributed by atoms with Gasteiger partial charge in [-0.1, -0.05) is 118 Å². The maximum absolute atomic E-state index is 9.33. The molecule has 5 heteroatoms. The van der Waals surface area contributed by atoms with E-state index in [4.69, 9.17) is 21.2 Å². The summed E-state index contributed by atoms with van der Waals surface area (Å²) in [6.45, 7) is 7.56. The van der Waals surface area contributed by atoms with Crippen molar-refractivity contribution in [1.82, 2.24) is 9.55 Å². The Kier molecular flexibility index (Phi) is 5.81. The lowest BCUT2D eigenvalue weighted by Gasteiger charge is -2.28. The Morgan fingerprint density at radius 1 is 0.621 bits per heavy atom. The van der Waals surface area contributed by atoms with E-state index in [0.717, 1.165) is 22.0 Å². The van der Waals surface area contributed by atoms with E-state index in [1.165, 1.54) is 0 Å². The predicted molar refractivity (Wildman–Crippen MR) is 241 cm³/mol. The van der Waals surface area contributed by atoms with Crippen LogP contribution in [-0.2, 0) is 5.41 Å². The highest BCUT2D eigenvalue weighted by Crippen LogP contribution is 2.50. The molecular formula is C53H44N4O. The molecule has 0 aliphatic carbocycles. The van der Waals surface area contributed by atoms with Crippen LogP contribution in [0.15, 0.2) is 182 Å². The van der Waals surface area contributed by atoms with Crippen molar-refractivity contribution in [3.63, 3.8) is 0 Å². The number of aryl methyl sites for hydroxylation is 1. The maximum Gasteiger partial charge on any atom is 0.137 e. The smallest absolute Gasteiger partial charge is 0.137 e. The number of aromatic nitrogens is 2. The maximum atomic E-state index is 9.33. The van der Waals surface area contributed by atoms with Gasteiger partial charge in [-0.25, -0.2) is 4.98 Å². The lowest BCUT2D eigenvalue weighted by atomic mass is 9.88. The Bertz CT molecular complexity index is 3590. The van der Waals surface area contributed by atoms with Crippen molar-refractivity contribution in [3.8, 4) is 39.6 Å². The highest BCUT2D eigenvalue weighted by molar-refractivity contribution is 6.09. The Hall–Kier alpha value is -7.11. The highest BCUT2D eigenvalue weighted by atomic mass is 16.5. The molecule has 3 heterocycles. The average Bonchev–Trinajstić information content (AvgIpc) is 3.88. The first-order valence-electron chi connectivity index (χ1n) is 25.4. The molecule has 5 nitrogen and oxygen atoms in total. The van der Waals surface area contributed by atoms with E-state index in [0.29, 0.717) is 39.5 Å². The summed E-state index contributed by atoms with van der Waals surface area (Å²) < 4.78 is 123. The van der Waals surface area contributed by atoms with Gasteiger partial charge < -0.3 is 14.5 Å². The van der Waals surface area contributed by atoms with Crippen molar-refractivity contribution in [2.45, 2.75) is 33.1 Å². The fourth-order valence-corrected chi connectivity index (χ4v) is 7.73. The molecule has 9 aromatic rings.